The van der Waals surface area contributed by atoms with Gasteiger partial charge in [0.15, 0.2) is 5.82 Å². The second-order valence-corrected chi connectivity index (χ2v) is 6.95. The molecule has 3 heterocycles. The Hall–Kier alpha value is -3.28. The molecule has 136 valence electrons. The fraction of sp³-hybridized carbons (Fsp3) is 0.238. The van der Waals surface area contributed by atoms with Gasteiger partial charge >= 0.3 is 0 Å². The smallest absolute Gasteiger partial charge is 0.228 e. The van der Waals surface area contributed by atoms with Gasteiger partial charge in [0.25, 0.3) is 0 Å². The van der Waals surface area contributed by atoms with Crippen LogP contribution in [-0.2, 0) is 0 Å². The van der Waals surface area contributed by atoms with Crippen molar-refractivity contribution in [3.05, 3.63) is 64.6 Å². The van der Waals surface area contributed by atoms with Gasteiger partial charge in [-0.1, -0.05) is 18.2 Å². The molecule has 27 heavy (non-hydrogen) atoms. The molecule has 1 aromatic carbocycles. The van der Waals surface area contributed by atoms with E-state index in [1.165, 1.54) is 5.56 Å². The maximum atomic E-state index is 4.88. The van der Waals surface area contributed by atoms with Crippen molar-refractivity contribution in [3.63, 3.8) is 0 Å². The number of hydrogen-bond donors (Lipinski definition) is 1. The van der Waals surface area contributed by atoms with E-state index in [-0.39, 0.29) is 0 Å². The van der Waals surface area contributed by atoms with Gasteiger partial charge in [0.1, 0.15) is 5.82 Å². The SMILES string of the molecule is Cc1cc(C)nc(Nc2cc(C)nn2-c2cc(C)c3cccc(C)c3n2)n1. The molecule has 0 aliphatic rings. The fourth-order valence-corrected chi connectivity index (χ4v) is 3.31. The molecule has 0 fully saturated rings. The van der Waals surface area contributed by atoms with Crippen LogP contribution >= 0.6 is 0 Å². The molecule has 0 aliphatic heterocycles. The number of hydrogen-bond acceptors (Lipinski definition) is 5. The van der Waals surface area contributed by atoms with Crippen LogP contribution in [0.2, 0.25) is 0 Å². The molecule has 0 unspecified atom stereocenters. The Labute approximate surface area is 158 Å². The topological polar surface area (TPSA) is 68.5 Å². The van der Waals surface area contributed by atoms with Gasteiger partial charge in [0.05, 0.1) is 11.2 Å². The summed E-state index contributed by atoms with van der Waals surface area (Å²) < 4.78 is 1.81. The molecule has 0 atom stereocenters. The first-order valence-corrected chi connectivity index (χ1v) is 8.94. The van der Waals surface area contributed by atoms with Crippen LogP contribution in [0.5, 0.6) is 0 Å². The highest BCUT2D eigenvalue weighted by Crippen LogP contribution is 2.25. The van der Waals surface area contributed by atoms with Gasteiger partial charge in [-0.15, -0.1) is 0 Å². The van der Waals surface area contributed by atoms with Crippen LogP contribution in [0.15, 0.2) is 36.4 Å². The Bertz CT molecular complexity index is 1140. The van der Waals surface area contributed by atoms with Crippen LogP contribution in [-0.4, -0.2) is 24.7 Å². The first kappa shape index (κ1) is 17.1. The summed E-state index contributed by atoms with van der Waals surface area (Å²) in [5.74, 6) is 2.12. The average molecular weight is 358 g/mol. The van der Waals surface area contributed by atoms with E-state index in [1.54, 1.807) is 0 Å². The zero-order chi connectivity index (χ0) is 19.1. The number of rotatable bonds is 3. The molecular formula is C21H22N6. The van der Waals surface area contributed by atoms with E-state index in [1.807, 2.05) is 37.6 Å². The van der Waals surface area contributed by atoms with E-state index in [9.17, 15) is 0 Å². The second kappa shape index (κ2) is 6.46. The number of pyridine rings is 1. The van der Waals surface area contributed by atoms with Crippen molar-refractivity contribution >= 4 is 22.7 Å². The highest BCUT2D eigenvalue weighted by molar-refractivity contribution is 5.85. The summed E-state index contributed by atoms with van der Waals surface area (Å²) in [6.45, 7) is 10.1. The molecule has 0 saturated carbocycles. The van der Waals surface area contributed by atoms with Crippen LogP contribution in [0.3, 0.4) is 0 Å². The zero-order valence-electron chi connectivity index (χ0n) is 16.2. The number of anilines is 2. The second-order valence-electron chi connectivity index (χ2n) is 6.95. The Morgan fingerprint density at radius 1 is 0.778 bits per heavy atom. The van der Waals surface area contributed by atoms with Crippen LogP contribution in [0.1, 0.15) is 28.2 Å². The van der Waals surface area contributed by atoms with E-state index in [0.29, 0.717) is 5.95 Å². The number of nitrogens with zero attached hydrogens (tertiary/aromatic N) is 5. The van der Waals surface area contributed by atoms with Crippen LogP contribution < -0.4 is 5.32 Å². The standard InChI is InChI=1S/C21H22N6/c1-12-7-6-8-17-13(2)9-18(24-20(12)17)27-19(11-16(5)26-27)25-21-22-14(3)10-15(4)23-21/h6-11H,1-5H3,(H,22,23,25). The number of nitrogens with one attached hydrogen (secondary N) is 1. The molecule has 4 rings (SSSR count). The molecular weight excluding hydrogens is 336 g/mol. The number of fused-ring (bicyclic) bond motifs is 1. The average Bonchev–Trinajstić information content (AvgIpc) is 2.95. The lowest BCUT2D eigenvalue weighted by molar-refractivity contribution is 0.840. The maximum Gasteiger partial charge on any atom is 0.228 e. The largest absolute Gasteiger partial charge is 0.309 e. The lowest BCUT2D eigenvalue weighted by atomic mass is 10.1. The normalized spacial score (nSPS) is 11.1. The van der Waals surface area contributed by atoms with Crippen LogP contribution in [0.25, 0.3) is 16.7 Å². The van der Waals surface area contributed by atoms with Gasteiger partial charge in [0, 0.05) is 22.8 Å². The molecule has 6 heteroatoms. The summed E-state index contributed by atoms with van der Waals surface area (Å²) in [6, 6.07) is 12.2. The van der Waals surface area contributed by atoms with Crippen molar-refractivity contribution in [2.24, 2.45) is 0 Å². The quantitative estimate of drug-likeness (QED) is 0.584. The highest BCUT2D eigenvalue weighted by atomic mass is 15.4. The maximum absolute atomic E-state index is 4.88. The minimum absolute atomic E-state index is 0.558. The van der Waals surface area contributed by atoms with Gasteiger partial charge in [-0.25, -0.2) is 15.0 Å². The van der Waals surface area contributed by atoms with Gasteiger partial charge in [0.2, 0.25) is 5.95 Å². The van der Waals surface area contributed by atoms with E-state index in [2.05, 4.69) is 58.5 Å². The molecule has 0 saturated heterocycles. The minimum Gasteiger partial charge on any atom is -0.309 e. The first-order chi connectivity index (χ1) is 12.9. The predicted octanol–water partition coefficient (Wildman–Crippen LogP) is 4.50. The Morgan fingerprint density at radius 2 is 1.52 bits per heavy atom. The number of para-hydroxylation sites is 1. The van der Waals surface area contributed by atoms with Gasteiger partial charge in [-0.3, -0.25) is 0 Å². The molecule has 3 aromatic heterocycles. The van der Waals surface area contributed by atoms with Crippen molar-refractivity contribution in [1.29, 1.82) is 0 Å². The van der Waals surface area contributed by atoms with Crippen molar-refractivity contribution in [2.75, 3.05) is 5.32 Å². The number of aryl methyl sites for hydroxylation is 5. The van der Waals surface area contributed by atoms with Crippen molar-refractivity contribution in [3.8, 4) is 5.82 Å². The summed E-state index contributed by atoms with van der Waals surface area (Å²) in [5.41, 5.74) is 6.04. The fourth-order valence-electron chi connectivity index (χ4n) is 3.31. The van der Waals surface area contributed by atoms with E-state index < -0.39 is 0 Å². The van der Waals surface area contributed by atoms with Crippen molar-refractivity contribution in [2.45, 2.75) is 34.6 Å². The van der Waals surface area contributed by atoms with Gasteiger partial charge in [-0.05, 0) is 57.9 Å². The Balaban J connectivity index is 1.83. The molecule has 6 nitrogen and oxygen atoms in total. The molecule has 0 radical (unpaired) electrons. The van der Waals surface area contributed by atoms with Gasteiger partial charge < -0.3 is 5.32 Å². The first-order valence-electron chi connectivity index (χ1n) is 8.94. The zero-order valence-corrected chi connectivity index (χ0v) is 16.2. The van der Waals surface area contributed by atoms with Crippen molar-refractivity contribution < 1.29 is 0 Å². The third-order valence-corrected chi connectivity index (χ3v) is 4.51. The predicted molar refractivity (Wildman–Crippen MR) is 108 cm³/mol. The lowest BCUT2D eigenvalue weighted by Crippen LogP contribution is -2.08. The van der Waals surface area contributed by atoms with Crippen LogP contribution in [0.4, 0.5) is 11.8 Å². The molecule has 1 N–H and O–H groups in total. The Morgan fingerprint density at radius 3 is 2.26 bits per heavy atom. The monoisotopic (exact) mass is 358 g/mol. The molecule has 0 bridgehead atoms. The summed E-state index contributed by atoms with van der Waals surface area (Å²) in [4.78, 5) is 13.8. The summed E-state index contributed by atoms with van der Waals surface area (Å²) in [6.07, 6.45) is 0. The number of benzene rings is 1. The number of aromatic nitrogens is 5. The summed E-state index contributed by atoms with van der Waals surface area (Å²) >= 11 is 0. The molecule has 0 spiro atoms. The third-order valence-electron chi connectivity index (χ3n) is 4.51. The van der Waals surface area contributed by atoms with Crippen LogP contribution in [0, 0.1) is 34.6 Å². The third kappa shape index (κ3) is 3.26. The summed E-state index contributed by atoms with van der Waals surface area (Å²) in [7, 11) is 0. The van der Waals surface area contributed by atoms with Gasteiger partial charge in [-0.2, -0.15) is 9.78 Å². The Kier molecular flexibility index (Phi) is 4.11. The van der Waals surface area contributed by atoms with E-state index in [4.69, 9.17) is 4.98 Å². The highest BCUT2D eigenvalue weighted by Gasteiger charge is 2.13. The summed E-state index contributed by atoms with van der Waals surface area (Å²) in [5, 5.41) is 9.09. The van der Waals surface area contributed by atoms with E-state index in [0.717, 1.165) is 45.2 Å². The molecule has 0 aliphatic carbocycles. The lowest BCUT2D eigenvalue weighted by Gasteiger charge is -2.12. The molecule has 4 aromatic rings. The van der Waals surface area contributed by atoms with E-state index >= 15 is 0 Å². The van der Waals surface area contributed by atoms with Crippen molar-refractivity contribution in [1.82, 2.24) is 24.7 Å². The molecule has 0 amide bonds. The minimum atomic E-state index is 0.558.